The second-order valence-corrected chi connectivity index (χ2v) is 7.39. The average molecular weight is 372 g/mol. The minimum atomic E-state index is -0.420. The summed E-state index contributed by atoms with van der Waals surface area (Å²) in [5.41, 5.74) is 2.39. The Kier molecular flexibility index (Phi) is 5.60. The lowest BCUT2D eigenvalue weighted by molar-refractivity contribution is -0.135. The van der Waals surface area contributed by atoms with Crippen LogP contribution < -0.4 is 5.32 Å². The summed E-state index contributed by atoms with van der Waals surface area (Å²) in [6, 6.07) is 24.7. The number of nitrogens with zero attached hydrogens (tertiary/aromatic N) is 1. The van der Waals surface area contributed by atoms with Gasteiger partial charge in [-0.1, -0.05) is 72.8 Å². The highest BCUT2D eigenvalue weighted by atomic mass is 16.2. The van der Waals surface area contributed by atoms with Gasteiger partial charge in [0.1, 0.15) is 0 Å². The van der Waals surface area contributed by atoms with Crippen LogP contribution in [0.4, 0.5) is 0 Å². The zero-order valence-electron chi connectivity index (χ0n) is 15.8. The minimum absolute atomic E-state index is 0.143. The molecule has 0 amide bonds. The van der Waals surface area contributed by atoms with Crippen molar-refractivity contribution in [1.29, 1.82) is 0 Å². The third kappa shape index (κ3) is 4.03. The zero-order valence-corrected chi connectivity index (χ0v) is 15.8. The molecule has 0 saturated carbocycles. The maximum Gasteiger partial charge on any atom is 0.213 e. The Balaban J connectivity index is 1.61. The Morgan fingerprint density at radius 1 is 0.929 bits per heavy atom. The summed E-state index contributed by atoms with van der Waals surface area (Å²) in [6.07, 6.45) is 1.29. The molecule has 0 radical (unpaired) electrons. The van der Waals surface area contributed by atoms with Crippen LogP contribution in [0.25, 0.3) is 10.8 Å². The number of fused-ring (bicyclic) bond motifs is 1. The van der Waals surface area contributed by atoms with E-state index < -0.39 is 6.04 Å². The summed E-state index contributed by atoms with van der Waals surface area (Å²) < 4.78 is 0. The summed E-state index contributed by atoms with van der Waals surface area (Å²) in [5.74, 6) is -0.355. The predicted octanol–water partition coefficient (Wildman–Crippen LogP) is 2.99. The fourth-order valence-electron chi connectivity index (χ4n) is 4.08. The van der Waals surface area contributed by atoms with E-state index in [4.69, 9.17) is 0 Å². The number of Topliss-reactive ketones (excluding diaryl/α,β-unsaturated/α-hetero) is 1. The van der Waals surface area contributed by atoms with Gasteiger partial charge < -0.3 is 5.32 Å². The van der Waals surface area contributed by atoms with Crippen LogP contribution in [0.5, 0.6) is 0 Å². The lowest BCUT2D eigenvalue weighted by Gasteiger charge is -2.41. The lowest BCUT2D eigenvalue weighted by Crippen LogP contribution is -2.60. The molecule has 4 heteroatoms. The number of carbonyl (C=O) groups is 2. The summed E-state index contributed by atoms with van der Waals surface area (Å²) >= 11 is 0. The van der Waals surface area contributed by atoms with Crippen LogP contribution in [0.2, 0.25) is 0 Å². The molecule has 0 spiro atoms. The van der Waals surface area contributed by atoms with Gasteiger partial charge in [-0.2, -0.15) is 0 Å². The first-order valence-corrected chi connectivity index (χ1v) is 9.71. The number of benzene rings is 3. The maximum atomic E-state index is 12.3. The molecule has 1 heterocycles. The molecule has 1 saturated heterocycles. The maximum absolute atomic E-state index is 12.3. The number of aldehydes is 1. The minimum Gasteiger partial charge on any atom is -0.313 e. The molecule has 1 fully saturated rings. The molecule has 1 aliphatic rings. The highest BCUT2D eigenvalue weighted by Crippen LogP contribution is 2.22. The fraction of sp³-hybridized carbons (Fsp3) is 0.250. The topological polar surface area (TPSA) is 49.4 Å². The summed E-state index contributed by atoms with van der Waals surface area (Å²) in [6.45, 7) is 1.96. The second-order valence-electron chi connectivity index (χ2n) is 7.39. The molecule has 1 aliphatic heterocycles. The number of piperazine rings is 1. The van der Waals surface area contributed by atoms with Crippen molar-refractivity contribution in [2.24, 2.45) is 0 Å². The molecule has 0 bridgehead atoms. The van der Waals surface area contributed by atoms with Crippen LogP contribution in [-0.4, -0.2) is 42.1 Å². The fourth-order valence-corrected chi connectivity index (χ4v) is 4.08. The van der Waals surface area contributed by atoms with Crippen molar-refractivity contribution in [2.45, 2.75) is 25.0 Å². The van der Waals surface area contributed by atoms with Gasteiger partial charge in [-0.25, -0.2) is 0 Å². The van der Waals surface area contributed by atoms with Crippen molar-refractivity contribution in [3.8, 4) is 0 Å². The van der Waals surface area contributed by atoms with Crippen molar-refractivity contribution in [3.05, 3.63) is 83.9 Å². The monoisotopic (exact) mass is 372 g/mol. The van der Waals surface area contributed by atoms with Crippen LogP contribution in [0.3, 0.4) is 0 Å². The van der Waals surface area contributed by atoms with E-state index in [1.54, 1.807) is 0 Å². The van der Waals surface area contributed by atoms with Gasteiger partial charge in [0.05, 0.1) is 6.04 Å². The summed E-state index contributed by atoms with van der Waals surface area (Å²) in [5, 5.41) is 5.80. The molecule has 1 N–H and O–H groups in total. The molecule has 28 heavy (non-hydrogen) atoms. The van der Waals surface area contributed by atoms with Crippen molar-refractivity contribution in [2.75, 3.05) is 13.1 Å². The Morgan fingerprint density at radius 3 is 2.46 bits per heavy atom. The molecular formula is C24H24N2O2. The van der Waals surface area contributed by atoms with Crippen molar-refractivity contribution < 1.29 is 9.59 Å². The Bertz CT molecular complexity index is 971. The summed E-state index contributed by atoms with van der Waals surface area (Å²) in [7, 11) is 0. The first-order valence-electron chi connectivity index (χ1n) is 9.71. The van der Waals surface area contributed by atoms with Crippen molar-refractivity contribution >= 4 is 22.8 Å². The second kappa shape index (κ2) is 8.46. The van der Waals surface area contributed by atoms with Gasteiger partial charge in [0.15, 0.2) is 6.29 Å². The van der Waals surface area contributed by atoms with E-state index >= 15 is 0 Å². The van der Waals surface area contributed by atoms with E-state index in [-0.39, 0.29) is 11.8 Å². The van der Waals surface area contributed by atoms with Gasteiger partial charge in [0, 0.05) is 25.7 Å². The van der Waals surface area contributed by atoms with E-state index in [1.165, 1.54) is 16.3 Å². The van der Waals surface area contributed by atoms with E-state index in [1.807, 2.05) is 24.3 Å². The number of hydrogen-bond acceptors (Lipinski definition) is 4. The molecule has 4 nitrogen and oxygen atoms in total. The highest BCUT2D eigenvalue weighted by molar-refractivity contribution is 6.27. The van der Waals surface area contributed by atoms with Gasteiger partial charge in [-0.05, 0) is 28.3 Å². The van der Waals surface area contributed by atoms with E-state index in [9.17, 15) is 9.59 Å². The lowest BCUT2D eigenvalue weighted by atomic mass is 9.96. The zero-order chi connectivity index (χ0) is 19.3. The molecule has 0 aromatic heterocycles. The molecule has 1 unspecified atom stereocenters. The summed E-state index contributed by atoms with van der Waals surface area (Å²) in [4.78, 5) is 25.7. The molecule has 2 atom stereocenters. The quantitative estimate of drug-likeness (QED) is 0.534. The molecule has 0 aliphatic carbocycles. The van der Waals surface area contributed by atoms with Crippen molar-refractivity contribution in [3.63, 3.8) is 0 Å². The molecule has 3 aromatic rings. The molecular weight excluding hydrogens is 348 g/mol. The number of ketones is 1. The van der Waals surface area contributed by atoms with Crippen LogP contribution >= 0.6 is 0 Å². The van der Waals surface area contributed by atoms with Gasteiger partial charge in [-0.15, -0.1) is 0 Å². The van der Waals surface area contributed by atoms with Gasteiger partial charge in [0.25, 0.3) is 0 Å². The number of carbonyl (C=O) groups excluding carboxylic acids is 2. The number of nitrogens with one attached hydrogen (secondary N) is 1. The number of rotatable bonds is 6. The Labute approximate surface area is 165 Å². The van der Waals surface area contributed by atoms with Gasteiger partial charge >= 0.3 is 0 Å². The van der Waals surface area contributed by atoms with E-state index in [0.717, 1.165) is 18.5 Å². The molecule has 3 aromatic carbocycles. The standard InChI is InChI=1S/C24H24N2O2/c27-17-24(28)23-15-25-14-22(26(23)16-18-6-2-1-3-7-18)13-19-10-11-20-8-4-5-9-21(20)12-19/h1-12,17,22-23,25H,13-16H2/t22-,23?/m0/s1. The van der Waals surface area contributed by atoms with Gasteiger partial charge in [0.2, 0.25) is 5.78 Å². The first-order chi connectivity index (χ1) is 13.7. The largest absolute Gasteiger partial charge is 0.313 e. The Morgan fingerprint density at radius 2 is 1.68 bits per heavy atom. The van der Waals surface area contributed by atoms with Crippen LogP contribution in [-0.2, 0) is 22.6 Å². The third-order valence-electron chi connectivity index (χ3n) is 5.52. The van der Waals surface area contributed by atoms with Crippen LogP contribution in [0, 0.1) is 0 Å². The van der Waals surface area contributed by atoms with Gasteiger partial charge in [-0.3, -0.25) is 14.5 Å². The third-order valence-corrected chi connectivity index (χ3v) is 5.52. The smallest absolute Gasteiger partial charge is 0.213 e. The highest BCUT2D eigenvalue weighted by Gasteiger charge is 2.34. The van der Waals surface area contributed by atoms with E-state index in [0.29, 0.717) is 19.4 Å². The van der Waals surface area contributed by atoms with Crippen molar-refractivity contribution in [1.82, 2.24) is 10.2 Å². The predicted molar refractivity (Wildman–Crippen MR) is 111 cm³/mol. The van der Waals surface area contributed by atoms with Crippen LogP contribution in [0.1, 0.15) is 11.1 Å². The Hall–Kier alpha value is -2.82. The molecule has 4 rings (SSSR count). The first kappa shape index (κ1) is 18.5. The van der Waals surface area contributed by atoms with Crippen LogP contribution in [0.15, 0.2) is 72.8 Å². The SMILES string of the molecule is O=CC(=O)C1CNC[C@H](Cc2ccc3ccccc3c2)N1Cc1ccccc1. The van der Waals surface area contributed by atoms with E-state index in [2.05, 4.69) is 58.7 Å². The number of hydrogen-bond donors (Lipinski definition) is 1. The molecule has 142 valence electrons. The average Bonchev–Trinajstić information content (AvgIpc) is 2.75. The normalized spacial score (nSPS) is 20.1.